The molecule has 0 fully saturated rings. The van der Waals surface area contributed by atoms with Gasteiger partial charge in [0.25, 0.3) is 11.8 Å². The molecule has 181 valence electrons. The third kappa shape index (κ3) is 5.60. The summed E-state index contributed by atoms with van der Waals surface area (Å²) in [5.41, 5.74) is 5.36. The van der Waals surface area contributed by atoms with E-state index in [9.17, 15) is 9.59 Å². The first-order valence-corrected chi connectivity index (χ1v) is 11.8. The van der Waals surface area contributed by atoms with Crippen LogP contribution < -0.4 is 10.6 Å². The van der Waals surface area contributed by atoms with E-state index in [1.165, 1.54) is 0 Å². The number of para-hydroxylation sites is 4. The van der Waals surface area contributed by atoms with E-state index in [4.69, 9.17) is 25.3 Å². The maximum atomic E-state index is 11.9. The summed E-state index contributed by atoms with van der Waals surface area (Å²) in [6.45, 7) is 0. The summed E-state index contributed by atoms with van der Waals surface area (Å²) in [4.78, 5) is 33.8. The molecule has 0 aliphatic carbocycles. The zero-order chi connectivity index (χ0) is 25.1. The van der Waals surface area contributed by atoms with Crippen LogP contribution in [0.2, 0.25) is 0 Å². The van der Waals surface area contributed by atoms with Crippen molar-refractivity contribution in [1.82, 2.24) is 0 Å². The molecular formula is C28H18MnN4O2S2. The zero-order valence-corrected chi connectivity index (χ0v) is 22.0. The van der Waals surface area contributed by atoms with Gasteiger partial charge in [0.2, 0.25) is 0 Å². The van der Waals surface area contributed by atoms with Crippen LogP contribution in [0.1, 0.15) is 11.1 Å². The molecule has 2 N–H and O–H groups in total. The molecule has 2 aliphatic rings. The molecule has 37 heavy (non-hydrogen) atoms. The Kier molecular flexibility index (Phi) is 8.11. The fourth-order valence-electron chi connectivity index (χ4n) is 3.77. The Labute approximate surface area is 235 Å². The second-order valence-electron chi connectivity index (χ2n) is 7.86. The molecule has 0 bridgehead atoms. The minimum absolute atomic E-state index is 0. The van der Waals surface area contributed by atoms with E-state index in [0.717, 1.165) is 22.5 Å². The van der Waals surface area contributed by atoms with Gasteiger partial charge in [-0.05, 0) is 24.3 Å². The predicted octanol–water partition coefficient (Wildman–Crippen LogP) is 5.33. The first-order chi connectivity index (χ1) is 17.5. The minimum Gasteiger partial charge on any atom is -0.778 e. The Bertz CT molecular complexity index is 1450. The maximum Gasteiger partial charge on any atom is 2.00 e. The Balaban J connectivity index is 0.000000168. The Morgan fingerprint density at radius 3 is 1.27 bits per heavy atom. The Hall–Kier alpha value is -3.88. The summed E-state index contributed by atoms with van der Waals surface area (Å²) >= 11 is 10.4. The molecule has 4 aromatic carbocycles. The molecule has 4 aromatic rings. The van der Waals surface area contributed by atoms with Crippen molar-refractivity contribution in [3.8, 4) is 0 Å². The van der Waals surface area contributed by atoms with E-state index in [1.807, 2.05) is 84.9 Å². The van der Waals surface area contributed by atoms with E-state index < -0.39 is 0 Å². The first kappa shape index (κ1) is 26.2. The van der Waals surface area contributed by atoms with Crippen LogP contribution in [-0.4, -0.2) is 23.2 Å². The summed E-state index contributed by atoms with van der Waals surface area (Å²) in [6, 6.07) is 29.6. The Morgan fingerprint density at radius 1 is 0.514 bits per heavy atom. The fraction of sp³-hybridized carbons (Fsp3) is 0. The molecule has 0 unspecified atom stereocenters. The topological polar surface area (TPSA) is 82.9 Å². The van der Waals surface area contributed by atoms with Gasteiger partial charge in [-0.2, -0.15) is 0 Å². The number of hydrogen-bond donors (Lipinski definition) is 2. The summed E-state index contributed by atoms with van der Waals surface area (Å²) < 4.78 is 0. The molecule has 2 heterocycles. The van der Waals surface area contributed by atoms with E-state index in [1.54, 1.807) is 12.1 Å². The quantitative estimate of drug-likeness (QED) is 0.256. The summed E-state index contributed by atoms with van der Waals surface area (Å²) in [6.07, 6.45) is 0. The van der Waals surface area contributed by atoms with Crippen molar-refractivity contribution >= 4 is 71.2 Å². The van der Waals surface area contributed by atoms with Crippen LogP contribution in [0.5, 0.6) is 0 Å². The standard InChI is InChI=1S/2C14H10N2OS.Mn/c2*17-14-13(9-5-1-2-6-10(9)16-14)15-11-7-3-4-8-12(11)18;/h2*1-8,18H,(H,15,16,17);/q;;+2/p-2. The molecule has 0 spiro atoms. The van der Waals surface area contributed by atoms with Crippen molar-refractivity contribution in [1.29, 1.82) is 0 Å². The van der Waals surface area contributed by atoms with Crippen LogP contribution in [0, 0.1) is 0 Å². The number of amides is 2. The van der Waals surface area contributed by atoms with Crippen LogP contribution in [0.25, 0.3) is 0 Å². The van der Waals surface area contributed by atoms with Gasteiger partial charge in [-0.3, -0.25) is 9.59 Å². The smallest absolute Gasteiger partial charge is 0.778 e. The number of aliphatic imine (C=N–C) groups is 2. The number of hydrogen-bond acceptors (Lipinski definition) is 6. The van der Waals surface area contributed by atoms with Crippen molar-refractivity contribution in [2.45, 2.75) is 9.79 Å². The van der Waals surface area contributed by atoms with Crippen LogP contribution in [0.15, 0.2) is 117 Å². The van der Waals surface area contributed by atoms with Crippen molar-refractivity contribution in [2.24, 2.45) is 9.98 Å². The van der Waals surface area contributed by atoms with Gasteiger partial charge in [0.05, 0.1) is 11.4 Å². The van der Waals surface area contributed by atoms with Gasteiger partial charge < -0.3 is 35.9 Å². The van der Waals surface area contributed by atoms with E-state index >= 15 is 0 Å². The fourth-order valence-corrected chi connectivity index (χ4v) is 4.15. The van der Waals surface area contributed by atoms with Gasteiger partial charge in [-0.1, -0.05) is 72.8 Å². The van der Waals surface area contributed by atoms with Crippen molar-refractivity contribution < 1.29 is 26.7 Å². The molecule has 1 radical (unpaired) electrons. The molecule has 6 rings (SSSR count). The average Bonchev–Trinajstić information content (AvgIpc) is 3.37. The minimum atomic E-state index is -0.186. The van der Waals surface area contributed by atoms with Gasteiger partial charge in [-0.25, -0.2) is 9.98 Å². The SMILES string of the molecule is O=C1Nc2ccccc2C1=Nc1ccccc1[S-].O=C1Nc2ccccc2C1=Nc1ccccc1[S-].[Mn+2]. The van der Waals surface area contributed by atoms with Crippen molar-refractivity contribution in [3.63, 3.8) is 0 Å². The van der Waals surface area contributed by atoms with Crippen molar-refractivity contribution in [3.05, 3.63) is 108 Å². The molecule has 0 saturated carbocycles. The van der Waals surface area contributed by atoms with Crippen LogP contribution >= 0.6 is 0 Å². The van der Waals surface area contributed by atoms with E-state index in [-0.39, 0.29) is 28.9 Å². The summed E-state index contributed by atoms with van der Waals surface area (Å²) in [5.74, 6) is -0.371. The van der Waals surface area contributed by atoms with Gasteiger partial charge in [-0.15, -0.1) is 9.79 Å². The number of nitrogens with one attached hydrogen (secondary N) is 2. The third-order valence-electron chi connectivity index (χ3n) is 5.49. The molecule has 2 aliphatic heterocycles. The van der Waals surface area contributed by atoms with Crippen molar-refractivity contribution in [2.75, 3.05) is 10.6 Å². The van der Waals surface area contributed by atoms with Gasteiger partial charge >= 0.3 is 17.1 Å². The predicted molar refractivity (Wildman–Crippen MR) is 147 cm³/mol. The number of fused-ring (bicyclic) bond motifs is 2. The van der Waals surface area contributed by atoms with Crippen LogP contribution in [-0.2, 0) is 51.9 Å². The summed E-state index contributed by atoms with van der Waals surface area (Å²) in [7, 11) is 0. The van der Waals surface area contributed by atoms with Crippen LogP contribution in [0.4, 0.5) is 22.7 Å². The second-order valence-corrected chi connectivity index (χ2v) is 8.74. The Morgan fingerprint density at radius 2 is 0.865 bits per heavy atom. The molecule has 2 amide bonds. The maximum absolute atomic E-state index is 11.9. The van der Waals surface area contributed by atoms with Gasteiger partial charge in [0.1, 0.15) is 11.4 Å². The normalized spacial score (nSPS) is 15.1. The summed E-state index contributed by atoms with van der Waals surface area (Å²) in [5, 5.41) is 5.57. The molecule has 0 aromatic heterocycles. The average molecular weight is 562 g/mol. The number of rotatable bonds is 2. The monoisotopic (exact) mass is 561 g/mol. The van der Waals surface area contributed by atoms with Gasteiger partial charge in [0.15, 0.2) is 0 Å². The first-order valence-electron chi connectivity index (χ1n) is 11.0. The molecule has 0 saturated heterocycles. The number of carbonyl (C=O) groups excluding carboxylic acids is 2. The zero-order valence-electron chi connectivity index (χ0n) is 19.1. The molecule has 9 heteroatoms. The number of carbonyl (C=O) groups is 2. The third-order valence-corrected chi connectivity index (χ3v) is 6.18. The molecule has 0 atom stereocenters. The number of nitrogens with zero attached hydrogens (tertiary/aromatic N) is 2. The van der Waals surface area contributed by atoms with E-state index in [2.05, 4.69) is 20.6 Å². The number of anilines is 2. The second kappa shape index (κ2) is 11.5. The van der Waals surface area contributed by atoms with Crippen LogP contribution in [0.3, 0.4) is 0 Å². The molecular weight excluding hydrogens is 543 g/mol. The van der Waals surface area contributed by atoms with E-state index in [0.29, 0.717) is 32.6 Å². The van der Waals surface area contributed by atoms with Gasteiger partial charge in [0, 0.05) is 22.5 Å². The largest absolute Gasteiger partial charge is 2.00 e. The number of benzene rings is 4. The molecule has 6 nitrogen and oxygen atoms in total.